The molecule has 1 aliphatic rings. The largest absolute Gasteiger partial charge is 0.393 e. The van der Waals surface area contributed by atoms with E-state index in [1.54, 1.807) is 0 Å². The van der Waals surface area contributed by atoms with Crippen LogP contribution in [0.2, 0.25) is 0 Å². The lowest BCUT2D eigenvalue weighted by molar-refractivity contribution is -0.153. The maximum atomic E-state index is 11.2. The lowest BCUT2D eigenvalue weighted by atomic mass is 9.99. The molecule has 0 bridgehead atoms. The van der Waals surface area contributed by atoms with Crippen LogP contribution in [-0.2, 0) is 14.3 Å². The first-order chi connectivity index (χ1) is 7.67. The number of esters is 2. The van der Waals surface area contributed by atoms with Gasteiger partial charge in [-0.3, -0.25) is 9.59 Å². The van der Waals surface area contributed by atoms with E-state index < -0.39 is 11.9 Å². The fraction of sp³-hybridized carbons (Fsp3) is 0.385. The highest BCUT2D eigenvalue weighted by Crippen LogP contribution is 2.21. The normalized spacial score (nSPS) is 19.1. The van der Waals surface area contributed by atoms with Gasteiger partial charge in [0.25, 0.3) is 0 Å². The fourth-order valence-corrected chi connectivity index (χ4v) is 1.63. The molecule has 0 aromatic carbocycles. The predicted molar refractivity (Wildman–Crippen MR) is 61.5 cm³/mol. The van der Waals surface area contributed by atoms with Gasteiger partial charge in [0.2, 0.25) is 0 Å². The van der Waals surface area contributed by atoms with Crippen LogP contribution in [0, 0.1) is 5.92 Å². The van der Waals surface area contributed by atoms with E-state index in [1.807, 2.05) is 18.2 Å². The van der Waals surface area contributed by atoms with Gasteiger partial charge in [0, 0.05) is 0 Å². The van der Waals surface area contributed by atoms with E-state index in [2.05, 4.69) is 17.9 Å². The molecule has 3 heteroatoms. The van der Waals surface area contributed by atoms with Gasteiger partial charge in [-0.25, -0.2) is 0 Å². The minimum absolute atomic E-state index is 0.199. The molecule has 1 heterocycles. The molecule has 0 spiro atoms. The molecule has 3 nitrogen and oxygen atoms in total. The average Bonchev–Trinajstić information content (AvgIpc) is 2.54. The molecular formula is C13H16O3. The van der Waals surface area contributed by atoms with Gasteiger partial charge in [-0.2, -0.15) is 0 Å². The second-order valence-electron chi connectivity index (χ2n) is 3.78. The van der Waals surface area contributed by atoms with Crippen LogP contribution in [0.4, 0.5) is 0 Å². The quantitative estimate of drug-likeness (QED) is 0.392. The van der Waals surface area contributed by atoms with Crippen LogP contribution in [0.25, 0.3) is 0 Å². The highest BCUT2D eigenvalue weighted by atomic mass is 16.6. The molecule has 1 unspecified atom stereocenters. The van der Waals surface area contributed by atoms with Crippen LogP contribution < -0.4 is 0 Å². The minimum Gasteiger partial charge on any atom is -0.393 e. The molecule has 0 aromatic heterocycles. The molecule has 86 valence electrons. The zero-order valence-electron chi connectivity index (χ0n) is 9.28. The van der Waals surface area contributed by atoms with Gasteiger partial charge in [-0.15, -0.1) is 13.2 Å². The summed E-state index contributed by atoms with van der Waals surface area (Å²) < 4.78 is 4.48. The summed E-state index contributed by atoms with van der Waals surface area (Å²) in [7, 11) is 0. The maximum Gasteiger partial charge on any atom is 0.317 e. The van der Waals surface area contributed by atoms with Gasteiger partial charge in [0.1, 0.15) is 0 Å². The van der Waals surface area contributed by atoms with E-state index in [0.29, 0.717) is 6.42 Å². The third-order valence-corrected chi connectivity index (χ3v) is 2.46. The summed E-state index contributed by atoms with van der Waals surface area (Å²) in [5, 5.41) is 0. The van der Waals surface area contributed by atoms with Crippen LogP contribution in [0.1, 0.15) is 25.7 Å². The van der Waals surface area contributed by atoms with Gasteiger partial charge in [0.15, 0.2) is 0 Å². The first-order valence-corrected chi connectivity index (χ1v) is 5.31. The summed E-state index contributed by atoms with van der Waals surface area (Å²) in [5.41, 5.74) is 1.16. The molecule has 1 rings (SSSR count). The van der Waals surface area contributed by atoms with Crippen molar-refractivity contribution in [2.24, 2.45) is 5.92 Å². The number of ether oxygens (including phenoxy) is 1. The lowest BCUT2D eigenvalue weighted by Gasteiger charge is -2.03. The third-order valence-electron chi connectivity index (χ3n) is 2.46. The molecule has 1 saturated heterocycles. The van der Waals surface area contributed by atoms with Gasteiger partial charge in [-0.1, -0.05) is 23.8 Å². The zero-order valence-corrected chi connectivity index (χ0v) is 9.28. The predicted octanol–water partition coefficient (Wildman–Crippen LogP) is 2.54. The molecule has 0 N–H and O–H groups in total. The molecule has 0 aromatic rings. The highest BCUT2D eigenvalue weighted by molar-refractivity contribution is 5.94. The minimum atomic E-state index is -0.419. The van der Waals surface area contributed by atoms with E-state index in [0.717, 1.165) is 18.4 Å². The monoisotopic (exact) mass is 220 g/mol. The van der Waals surface area contributed by atoms with Crippen LogP contribution in [0.15, 0.2) is 37.0 Å². The van der Waals surface area contributed by atoms with Crippen LogP contribution in [0.5, 0.6) is 0 Å². The molecule has 0 amide bonds. The Morgan fingerprint density at radius 2 is 1.94 bits per heavy atom. The average molecular weight is 220 g/mol. The fourth-order valence-electron chi connectivity index (χ4n) is 1.63. The third kappa shape index (κ3) is 3.50. The molecule has 0 saturated carbocycles. The molecular weight excluding hydrogens is 204 g/mol. The summed E-state index contributed by atoms with van der Waals surface area (Å²) in [6.45, 7) is 7.34. The number of hydrogen-bond acceptors (Lipinski definition) is 3. The Balaban J connectivity index is 2.55. The Morgan fingerprint density at radius 3 is 2.38 bits per heavy atom. The number of rotatable bonds is 6. The lowest BCUT2D eigenvalue weighted by Crippen LogP contribution is -2.06. The summed E-state index contributed by atoms with van der Waals surface area (Å²) in [6, 6.07) is 0. The Hall–Kier alpha value is -1.64. The molecule has 1 atom stereocenters. The summed E-state index contributed by atoms with van der Waals surface area (Å²) in [5.74, 6) is -1.13. The van der Waals surface area contributed by atoms with Crippen molar-refractivity contribution in [3.63, 3.8) is 0 Å². The zero-order chi connectivity index (χ0) is 12.0. The molecule has 0 radical (unpaired) electrons. The van der Waals surface area contributed by atoms with Gasteiger partial charge in [0.05, 0.1) is 12.3 Å². The first-order valence-electron chi connectivity index (χ1n) is 5.31. The van der Waals surface area contributed by atoms with Crippen molar-refractivity contribution in [2.75, 3.05) is 0 Å². The van der Waals surface area contributed by atoms with Gasteiger partial charge in [-0.05, 0) is 19.3 Å². The second kappa shape index (κ2) is 6.05. The van der Waals surface area contributed by atoms with E-state index in [-0.39, 0.29) is 12.3 Å². The van der Waals surface area contributed by atoms with Crippen molar-refractivity contribution in [1.29, 1.82) is 0 Å². The van der Waals surface area contributed by atoms with E-state index in [4.69, 9.17) is 0 Å². The Labute approximate surface area is 95.5 Å². The van der Waals surface area contributed by atoms with E-state index in [1.165, 1.54) is 0 Å². The Kier molecular flexibility index (Phi) is 4.70. The maximum absolute atomic E-state index is 11.2. The van der Waals surface area contributed by atoms with E-state index >= 15 is 0 Å². The van der Waals surface area contributed by atoms with E-state index in [9.17, 15) is 9.59 Å². The molecule has 16 heavy (non-hydrogen) atoms. The van der Waals surface area contributed by atoms with Crippen molar-refractivity contribution in [2.45, 2.75) is 25.7 Å². The summed E-state index contributed by atoms with van der Waals surface area (Å²) >= 11 is 0. The van der Waals surface area contributed by atoms with Gasteiger partial charge < -0.3 is 4.74 Å². The molecule has 1 fully saturated rings. The number of allylic oxidation sites excluding steroid dienone is 4. The molecule has 0 aliphatic carbocycles. The van der Waals surface area contributed by atoms with Crippen molar-refractivity contribution < 1.29 is 14.3 Å². The summed E-state index contributed by atoms with van der Waals surface area (Å²) in [4.78, 5) is 22.1. The number of hydrogen-bond donors (Lipinski definition) is 0. The number of carbonyl (C=O) groups is 2. The van der Waals surface area contributed by atoms with Crippen LogP contribution >= 0.6 is 0 Å². The smallest absolute Gasteiger partial charge is 0.317 e. The summed E-state index contributed by atoms with van der Waals surface area (Å²) in [6.07, 6.45) is 7.92. The second-order valence-corrected chi connectivity index (χ2v) is 3.78. The van der Waals surface area contributed by atoms with Crippen molar-refractivity contribution in [1.82, 2.24) is 0 Å². The highest BCUT2D eigenvalue weighted by Gasteiger charge is 2.32. The van der Waals surface area contributed by atoms with Gasteiger partial charge >= 0.3 is 11.9 Å². The number of carbonyl (C=O) groups excluding carboxylic acids is 2. The Bertz CT molecular complexity index is 327. The van der Waals surface area contributed by atoms with Crippen LogP contribution in [0.3, 0.4) is 0 Å². The Morgan fingerprint density at radius 1 is 1.31 bits per heavy atom. The number of cyclic esters (lactones) is 2. The van der Waals surface area contributed by atoms with Crippen molar-refractivity contribution in [3.8, 4) is 0 Å². The molecule has 1 aliphatic heterocycles. The topological polar surface area (TPSA) is 43.4 Å². The first kappa shape index (κ1) is 12.4. The van der Waals surface area contributed by atoms with Crippen LogP contribution in [-0.4, -0.2) is 11.9 Å². The standard InChI is InChI=1S/C13H16O3/c1-3-5-10(6-4-2)7-8-11-9-12(14)16-13(11)15/h3-4,7,11H,1-2,5-6,8-9H2. The van der Waals surface area contributed by atoms with Crippen molar-refractivity contribution in [3.05, 3.63) is 37.0 Å². The van der Waals surface area contributed by atoms with Crippen molar-refractivity contribution >= 4 is 11.9 Å². The SMILES string of the molecule is C=CCC(=CCC1CC(=O)OC1=O)CC=C.